The van der Waals surface area contributed by atoms with Crippen molar-refractivity contribution in [1.82, 2.24) is 0 Å². The molecule has 4 heteroatoms. The Balaban J connectivity index is 2.37. The molecule has 1 unspecified atom stereocenters. The molecule has 0 aromatic heterocycles. The Morgan fingerprint density at radius 1 is 1.47 bits per heavy atom. The van der Waals surface area contributed by atoms with E-state index in [1.807, 2.05) is 12.1 Å². The summed E-state index contributed by atoms with van der Waals surface area (Å²) >= 11 is 6.88. The number of carbonyl (C=O) groups excluding carboxylic acids is 1. The first kappa shape index (κ1) is 11.1. The van der Waals surface area contributed by atoms with Gasteiger partial charge in [-0.15, -0.1) is 0 Å². The van der Waals surface area contributed by atoms with Gasteiger partial charge in [-0.1, -0.05) is 15.9 Å². The van der Waals surface area contributed by atoms with Crippen molar-refractivity contribution in [2.45, 2.75) is 13.3 Å². The SMILES string of the molecule is CC(=O)C1COc2c(Br)cc(Br)cc2C1. The molecule has 1 aliphatic heterocycles. The summed E-state index contributed by atoms with van der Waals surface area (Å²) in [5.74, 6) is 1.06. The van der Waals surface area contributed by atoms with Crippen LogP contribution in [0.4, 0.5) is 0 Å². The third-order valence-electron chi connectivity index (χ3n) is 2.56. The normalized spacial score (nSPS) is 19.3. The molecule has 2 rings (SSSR count). The summed E-state index contributed by atoms with van der Waals surface area (Å²) in [4.78, 5) is 11.3. The van der Waals surface area contributed by atoms with E-state index < -0.39 is 0 Å². The summed E-state index contributed by atoms with van der Waals surface area (Å²) in [6.45, 7) is 2.11. The molecule has 15 heavy (non-hydrogen) atoms. The lowest BCUT2D eigenvalue weighted by Gasteiger charge is -2.24. The van der Waals surface area contributed by atoms with Crippen LogP contribution in [0.15, 0.2) is 21.1 Å². The standard InChI is InChI=1S/C11H10Br2O2/c1-6(14)8-2-7-3-9(12)4-10(13)11(7)15-5-8/h3-4,8H,2,5H2,1H3. The van der Waals surface area contributed by atoms with Crippen LogP contribution in [0.5, 0.6) is 5.75 Å². The molecular weight excluding hydrogens is 324 g/mol. The number of carbonyl (C=O) groups is 1. The minimum Gasteiger partial charge on any atom is -0.491 e. The highest BCUT2D eigenvalue weighted by Gasteiger charge is 2.24. The summed E-state index contributed by atoms with van der Waals surface area (Å²) in [7, 11) is 0. The fraction of sp³-hybridized carbons (Fsp3) is 0.364. The van der Waals surface area contributed by atoms with Crippen LogP contribution >= 0.6 is 31.9 Å². The van der Waals surface area contributed by atoms with Crippen molar-refractivity contribution in [2.24, 2.45) is 5.92 Å². The third-order valence-corrected chi connectivity index (χ3v) is 3.60. The van der Waals surface area contributed by atoms with E-state index in [1.54, 1.807) is 6.92 Å². The van der Waals surface area contributed by atoms with Gasteiger partial charge in [0.25, 0.3) is 0 Å². The Kier molecular flexibility index (Phi) is 3.16. The van der Waals surface area contributed by atoms with E-state index in [4.69, 9.17) is 4.74 Å². The fourth-order valence-corrected chi connectivity index (χ4v) is 3.12. The predicted octanol–water partition coefficient (Wildman–Crippen LogP) is 3.35. The summed E-state index contributed by atoms with van der Waals surface area (Å²) in [6.07, 6.45) is 0.767. The van der Waals surface area contributed by atoms with E-state index in [9.17, 15) is 4.79 Å². The summed E-state index contributed by atoms with van der Waals surface area (Å²) < 4.78 is 7.53. The van der Waals surface area contributed by atoms with Crippen molar-refractivity contribution in [1.29, 1.82) is 0 Å². The third kappa shape index (κ3) is 2.26. The number of ketones is 1. The molecule has 1 atom stereocenters. The van der Waals surface area contributed by atoms with Crippen molar-refractivity contribution >= 4 is 37.6 Å². The molecule has 1 aliphatic rings. The number of ether oxygens (including phenoxy) is 1. The van der Waals surface area contributed by atoms with Crippen molar-refractivity contribution < 1.29 is 9.53 Å². The average molecular weight is 334 g/mol. The number of benzene rings is 1. The first-order valence-corrected chi connectivity index (χ1v) is 6.27. The Morgan fingerprint density at radius 3 is 2.87 bits per heavy atom. The first-order valence-electron chi connectivity index (χ1n) is 4.69. The van der Waals surface area contributed by atoms with Gasteiger partial charge in [0.2, 0.25) is 0 Å². The van der Waals surface area contributed by atoms with E-state index in [1.165, 1.54) is 0 Å². The Morgan fingerprint density at radius 2 is 2.20 bits per heavy atom. The lowest BCUT2D eigenvalue weighted by atomic mass is 9.94. The van der Waals surface area contributed by atoms with Gasteiger partial charge in [0, 0.05) is 4.47 Å². The maximum Gasteiger partial charge on any atom is 0.136 e. The zero-order valence-corrected chi connectivity index (χ0v) is 11.4. The van der Waals surface area contributed by atoms with Crippen LogP contribution in [0.2, 0.25) is 0 Å². The van der Waals surface area contributed by atoms with Crippen LogP contribution in [0.1, 0.15) is 12.5 Å². The van der Waals surface area contributed by atoms with Gasteiger partial charge < -0.3 is 4.74 Å². The number of hydrogen-bond donors (Lipinski definition) is 0. The molecule has 1 aromatic rings. The van der Waals surface area contributed by atoms with Crippen LogP contribution in [0, 0.1) is 5.92 Å². The number of halogens is 2. The molecule has 1 heterocycles. The van der Waals surface area contributed by atoms with Gasteiger partial charge in [0.05, 0.1) is 17.0 Å². The number of Topliss-reactive ketones (excluding diaryl/α,β-unsaturated/α-hetero) is 1. The second kappa shape index (κ2) is 4.26. The Bertz CT molecular complexity index is 415. The smallest absolute Gasteiger partial charge is 0.136 e. The van der Waals surface area contributed by atoms with Crippen LogP contribution < -0.4 is 4.74 Å². The fourth-order valence-electron chi connectivity index (χ4n) is 1.70. The molecular formula is C11H10Br2O2. The number of fused-ring (bicyclic) bond motifs is 1. The van der Waals surface area contributed by atoms with E-state index in [0.29, 0.717) is 6.61 Å². The highest BCUT2D eigenvalue weighted by atomic mass is 79.9. The van der Waals surface area contributed by atoms with E-state index >= 15 is 0 Å². The minimum absolute atomic E-state index is 0.00120. The van der Waals surface area contributed by atoms with Gasteiger partial charge in [-0.3, -0.25) is 4.79 Å². The summed E-state index contributed by atoms with van der Waals surface area (Å²) in [5, 5.41) is 0. The molecule has 0 saturated carbocycles. The molecule has 1 aromatic carbocycles. The van der Waals surface area contributed by atoms with Gasteiger partial charge in [0.15, 0.2) is 0 Å². The van der Waals surface area contributed by atoms with Crippen molar-refractivity contribution in [3.63, 3.8) is 0 Å². The monoisotopic (exact) mass is 332 g/mol. The molecule has 0 fully saturated rings. The van der Waals surface area contributed by atoms with Gasteiger partial charge in [-0.2, -0.15) is 0 Å². The van der Waals surface area contributed by atoms with Gasteiger partial charge >= 0.3 is 0 Å². The van der Waals surface area contributed by atoms with Crippen LogP contribution in [0.25, 0.3) is 0 Å². The second-order valence-electron chi connectivity index (χ2n) is 3.70. The average Bonchev–Trinajstić information content (AvgIpc) is 2.16. The minimum atomic E-state index is -0.00120. The topological polar surface area (TPSA) is 26.3 Å². The molecule has 0 saturated heterocycles. The van der Waals surface area contributed by atoms with E-state index in [2.05, 4.69) is 31.9 Å². The van der Waals surface area contributed by atoms with Gasteiger partial charge in [-0.05, 0) is 47.0 Å². The summed E-state index contributed by atoms with van der Waals surface area (Å²) in [6, 6.07) is 3.96. The first-order chi connectivity index (χ1) is 7.08. The van der Waals surface area contributed by atoms with Crippen LogP contribution in [-0.4, -0.2) is 12.4 Å². The van der Waals surface area contributed by atoms with Crippen molar-refractivity contribution in [2.75, 3.05) is 6.61 Å². The predicted molar refractivity (Wildman–Crippen MR) is 65.2 cm³/mol. The lowest BCUT2D eigenvalue weighted by molar-refractivity contribution is -0.121. The molecule has 0 aliphatic carbocycles. The highest BCUT2D eigenvalue weighted by Crippen LogP contribution is 2.37. The zero-order chi connectivity index (χ0) is 11.0. The van der Waals surface area contributed by atoms with E-state index in [-0.39, 0.29) is 11.7 Å². The van der Waals surface area contributed by atoms with Gasteiger partial charge in [0.1, 0.15) is 11.5 Å². The zero-order valence-electron chi connectivity index (χ0n) is 8.22. The maximum atomic E-state index is 11.3. The Hall–Kier alpha value is -0.350. The Labute approximate surface area is 105 Å². The molecule has 0 N–H and O–H groups in total. The second-order valence-corrected chi connectivity index (χ2v) is 5.47. The van der Waals surface area contributed by atoms with E-state index in [0.717, 1.165) is 26.7 Å². The van der Waals surface area contributed by atoms with Crippen molar-refractivity contribution in [3.8, 4) is 5.75 Å². The lowest BCUT2D eigenvalue weighted by Crippen LogP contribution is -2.26. The van der Waals surface area contributed by atoms with Crippen LogP contribution in [0.3, 0.4) is 0 Å². The van der Waals surface area contributed by atoms with Crippen LogP contribution in [-0.2, 0) is 11.2 Å². The molecule has 0 radical (unpaired) electrons. The number of rotatable bonds is 1. The molecule has 0 amide bonds. The quantitative estimate of drug-likeness (QED) is 0.787. The molecule has 0 spiro atoms. The summed E-state index contributed by atoms with van der Waals surface area (Å²) in [5.41, 5.74) is 1.09. The molecule has 0 bridgehead atoms. The highest BCUT2D eigenvalue weighted by molar-refractivity contribution is 9.11. The number of hydrogen-bond acceptors (Lipinski definition) is 2. The molecule has 80 valence electrons. The van der Waals surface area contributed by atoms with Crippen molar-refractivity contribution in [3.05, 3.63) is 26.6 Å². The largest absolute Gasteiger partial charge is 0.491 e. The van der Waals surface area contributed by atoms with Gasteiger partial charge in [-0.25, -0.2) is 0 Å². The molecule has 2 nitrogen and oxygen atoms in total. The maximum absolute atomic E-state index is 11.3.